The van der Waals surface area contributed by atoms with Gasteiger partial charge < -0.3 is 18.9 Å². The van der Waals surface area contributed by atoms with E-state index in [0.29, 0.717) is 23.9 Å². The van der Waals surface area contributed by atoms with Crippen LogP contribution in [0.5, 0.6) is 0 Å². The van der Waals surface area contributed by atoms with Crippen LogP contribution >= 0.6 is 7.82 Å². The van der Waals surface area contributed by atoms with Crippen LogP contribution in [-0.2, 0) is 32.7 Å². The van der Waals surface area contributed by atoms with Crippen molar-refractivity contribution in [1.82, 2.24) is 0 Å². The van der Waals surface area contributed by atoms with Gasteiger partial charge in [-0.1, -0.05) is 155 Å². The average Bonchev–Trinajstić information content (AvgIpc) is 3.20. The lowest BCUT2D eigenvalue weighted by Crippen LogP contribution is -2.37. The second kappa shape index (κ2) is 41.0. The molecule has 10 heteroatoms. The number of carbonyl (C=O) groups is 2. The number of ether oxygens (including phenoxy) is 2. The summed E-state index contributed by atoms with van der Waals surface area (Å²) in [6, 6.07) is 0. The molecule has 0 amide bonds. The fourth-order valence-electron chi connectivity index (χ4n) is 5.35. The maximum Gasteiger partial charge on any atom is 0.472 e. The number of esters is 2. The summed E-state index contributed by atoms with van der Waals surface area (Å²) in [4.78, 5) is 35.4. The first-order chi connectivity index (χ1) is 29.0. The van der Waals surface area contributed by atoms with Crippen LogP contribution in [0, 0.1) is 0 Å². The van der Waals surface area contributed by atoms with E-state index in [0.717, 1.165) is 83.5 Å². The Kier molecular flexibility index (Phi) is 38.8. The number of hydrogen-bond donors (Lipinski definition) is 1. The minimum absolute atomic E-state index is 0.00975. The Morgan fingerprint density at radius 1 is 0.517 bits per heavy atom. The van der Waals surface area contributed by atoms with Crippen molar-refractivity contribution in [2.45, 2.75) is 148 Å². The first-order valence-corrected chi connectivity index (χ1v) is 24.1. The third-order valence-electron chi connectivity index (χ3n) is 8.81. The fraction of sp³-hybridized carbons (Fsp3) is 0.600. The number of phosphoric ester groups is 1. The molecule has 0 heterocycles. The van der Waals surface area contributed by atoms with Crippen molar-refractivity contribution in [3.63, 3.8) is 0 Å². The standard InChI is InChI=1S/C50H82NO8P/c1-6-8-10-12-14-16-18-20-22-24-25-27-29-31-33-35-37-39-41-43-50(53)59-48(47-58-60(54,55)57-45-44-51(3,4)5)46-56-49(52)42-40-38-36-34-32-30-28-26-23-21-19-17-15-13-11-9-7-2/h8-11,14-17,20-23,25,27,31,33,37,39,48H,6-7,12-13,18-19,24,26,28-30,32,34-36,38,40-47H2,1-5H3/p+1/b10-8-,11-9-,16-14-,17-15-,22-20-,23-21-,27-25-,33-31-,39-37-. The predicted octanol–water partition coefficient (Wildman–Crippen LogP) is 13.1. The number of rotatable bonds is 39. The zero-order chi connectivity index (χ0) is 44.3. The highest BCUT2D eigenvalue weighted by molar-refractivity contribution is 7.47. The number of quaternary nitrogens is 1. The van der Waals surface area contributed by atoms with Crippen LogP contribution in [-0.4, -0.2) is 74.9 Å². The summed E-state index contributed by atoms with van der Waals surface area (Å²) in [7, 11) is 1.40. The summed E-state index contributed by atoms with van der Waals surface area (Å²) >= 11 is 0. The summed E-state index contributed by atoms with van der Waals surface area (Å²) in [5.74, 6) is -0.920. The molecule has 60 heavy (non-hydrogen) atoms. The Morgan fingerprint density at radius 2 is 0.933 bits per heavy atom. The molecule has 0 saturated carbocycles. The lowest BCUT2D eigenvalue weighted by Gasteiger charge is -2.24. The van der Waals surface area contributed by atoms with Crippen LogP contribution in [0.1, 0.15) is 142 Å². The first kappa shape index (κ1) is 56.7. The van der Waals surface area contributed by atoms with E-state index in [1.807, 2.05) is 33.3 Å². The van der Waals surface area contributed by atoms with Crippen molar-refractivity contribution in [2.75, 3.05) is 47.5 Å². The Labute approximate surface area is 366 Å². The normalized spacial score (nSPS) is 14.6. The van der Waals surface area contributed by atoms with Crippen molar-refractivity contribution in [1.29, 1.82) is 0 Å². The summed E-state index contributed by atoms with van der Waals surface area (Å²) in [5, 5.41) is 0. The molecule has 0 fully saturated rings. The zero-order valence-corrected chi connectivity index (χ0v) is 39.0. The molecular weight excluding hydrogens is 774 g/mol. The summed E-state index contributed by atoms with van der Waals surface area (Å²) in [6.07, 6.45) is 55.8. The molecule has 2 unspecified atom stereocenters. The smallest absolute Gasteiger partial charge is 0.462 e. The van der Waals surface area contributed by atoms with Crippen LogP contribution in [0.25, 0.3) is 0 Å². The molecule has 0 aliphatic carbocycles. The number of phosphoric acid groups is 1. The van der Waals surface area contributed by atoms with E-state index in [1.165, 1.54) is 19.3 Å². The largest absolute Gasteiger partial charge is 0.472 e. The highest BCUT2D eigenvalue weighted by Gasteiger charge is 2.27. The Morgan fingerprint density at radius 3 is 1.40 bits per heavy atom. The van der Waals surface area contributed by atoms with Gasteiger partial charge in [0.2, 0.25) is 0 Å². The molecule has 0 aromatic carbocycles. The molecule has 0 rings (SSSR count). The maximum atomic E-state index is 12.7. The molecule has 9 nitrogen and oxygen atoms in total. The van der Waals surface area contributed by atoms with Gasteiger partial charge in [-0.2, -0.15) is 0 Å². The molecule has 1 N–H and O–H groups in total. The van der Waals surface area contributed by atoms with Gasteiger partial charge in [0.1, 0.15) is 19.8 Å². The monoisotopic (exact) mass is 857 g/mol. The van der Waals surface area contributed by atoms with Gasteiger partial charge in [0.25, 0.3) is 0 Å². The summed E-state index contributed by atoms with van der Waals surface area (Å²) in [6.45, 7) is 4.07. The lowest BCUT2D eigenvalue weighted by atomic mass is 10.1. The maximum absolute atomic E-state index is 12.7. The van der Waals surface area contributed by atoms with Crippen LogP contribution in [0.4, 0.5) is 0 Å². The molecule has 0 saturated heterocycles. The van der Waals surface area contributed by atoms with E-state index in [4.69, 9.17) is 18.5 Å². The number of nitrogens with zero attached hydrogens (tertiary/aromatic N) is 1. The minimum Gasteiger partial charge on any atom is -0.462 e. The lowest BCUT2D eigenvalue weighted by molar-refractivity contribution is -0.870. The molecule has 0 spiro atoms. The SMILES string of the molecule is CC/C=C\C/C=C\C/C=C\C/C=C\C/C=C\C/C=C\CCC(=O)OC(COC(=O)CCCCCCCCC/C=C\C/C=C\C/C=C\CC)COP(=O)(O)OCC[N+](C)(C)C. The third kappa shape index (κ3) is 44.2. The van der Waals surface area contributed by atoms with Gasteiger partial charge in [-0.05, 0) is 83.5 Å². The molecule has 0 aliphatic heterocycles. The van der Waals surface area contributed by atoms with Crippen molar-refractivity contribution in [3.05, 3.63) is 109 Å². The summed E-state index contributed by atoms with van der Waals surface area (Å²) < 4.78 is 34.2. The van der Waals surface area contributed by atoms with Crippen molar-refractivity contribution < 1.29 is 42.1 Å². The van der Waals surface area contributed by atoms with E-state index >= 15 is 0 Å². The fourth-order valence-corrected chi connectivity index (χ4v) is 6.09. The second-order valence-corrected chi connectivity index (χ2v) is 17.1. The van der Waals surface area contributed by atoms with Gasteiger partial charge in [0, 0.05) is 12.8 Å². The number of carbonyl (C=O) groups excluding carboxylic acids is 2. The van der Waals surface area contributed by atoms with Crippen LogP contribution in [0.15, 0.2) is 109 Å². The van der Waals surface area contributed by atoms with Crippen molar-refractivity contribution >= 4 is 19.8 Å². The highest BCUT2D eigenvalue weighted by atomic mass is 31.2. The van der Waals surface area contributed by atoms with E-state index < -0.39 is 32.5 Å². The van der Waals surface area contributed by atoms with Gasteiger partial charge >= 0.3 is 19.8 Å². The third-order valence-corrected chi connectivity index (χ3v) is 9.80. The molecule has 0 aromatic rings. The minimum atomic E-state index is -4.41. The van der Waals surface area contributed by atoms with Crippen LogP contribution in [0.3, 0.4) is 0 Å². The van der Waals surface area contributed by atoms with Gasteiger partial charge in [0.15, 0.2) is 6.10 Å². The summed E-state index contributed by atoms with van der Waals surface area (Å²) in [5.41, 5.74) is 0. The van der Waals surface area contributed by atoms with Gasteiger partial charge in [-0.25, -0.2) is 4.57 Å². The van der Waals surface area contributed by atoms with Crippen molar-refractivity contribution in [3.8, 4) is 0 Å². The number of unbranched alkanes of at least 4 members (excludes halogenated alkanes) is 7. The average molecular weight is 857 g/mol. The van der Waals surface area contributed by atoms with E-state index in [1.54, 1.807) is 0 Å². The second-order valence-electron chi connectivity index (χ2n) is 15.7. The zero-order valence-electron chi connectivity index (χ0n) is 38.1. The quantitative estimate of drug-likeness (QED) is 0.0214. The number of likely N-dealkylation sites (N-methyl/N-ethyl adjacent to an activating group) is 1. The van der Waals surface area contributed by atoms with Crippen LogP contribution in [0.2, 0.25) is 0 Å². The topological polar surface area (TPSA) is 108 Å². The Hall–Kier alpha value is -3.33. The highest BCUT2D eigenvalue weighted by Crippen LogP contribution is 2.43. The molecule has 0 aliphatic rings. The van der Waals surface area contributed by atoms with Gasteiger partial charge in [-0.3, -0.25) is 18.6 Å². The number of hydrogen-bond acceptors (Lipinski definition) is 7. The number of allylic oxidation sites excluding steroid dienone is 18. The predicted molar refractivity (Wildman–Crippen MR) is 251 cm³/mol. The van der Waals surface area contributed by atoms with E-state index in [9.17, 15) is 19.0 Å². The molecule has 2 atom stereocenters. The Balaban J connectivity index is 4.51. The molecule has 0 aromatic heterocycles. The Bertz CT molecular complexity index is 1380. The van der Waals surface area contributed by atoms with E-state index in [2.05, 4.69) is 111 Å². The van der Waals surface area contributed by atoms with Crippen LogP contribution < -0.4 is 0 Å². The molecule has 340 valence electrons. The van der Waals surface area contributed by atoms with Gasteiger partial charge in [-0.15, -0.1) is 0 Å². The van der Waals surface area contributed by atoms with E-state index in [-0.39, 0.29) is 26.1 Å². The van der Waals surface area contributed by atoms with Crippen molar-refractivity contribution in [2.24, 2.45) is 0 Å². The van der Waals surface area contributed by atoms with Gasteiger partial charge in [0.05, 0.1) is 27.7 Å². The molecule has 0 bridgehead atoms. The molecule has 0 radical (unpaired) electrons. The molecular formula is C50H83NO8P+. The first-order valence-electron chi connectivity index (χ1n) is 22.6.